The second kappa shape index (κ2) is 6.68. The number of benzene rings is 1. The van der Waals surface area contributed by atoms with Crippen LogP contribution < -0.4 is 5.32 Å². The molecule has 0 saturated heterocycles. The lowest BCUT2D eigenvalue weighted by Crippen LogP contribution is -2.30. The van der Waals surface area contributed by atoms with Crippen LogP contribution in [0.1, 0.15) is 28.9 Å². The Kier molecular flexibility index (Phi) is 4.42. The van der Waals surface area contributed by atoms with Crippen molar-refractivity contribution in [3.05, 3.63) is 53.6 Å². The fourth-order valence-electron chi connectivity index (χ4n) is 2.28. The largest absolute Gasteiger partial charge is 0.447 e. The average molecular weight is 339 g/mol. The molecule has 8 heteroatoms. The number of ether oxygens (including phenoxy) is 1. The van der Waals surface area contributed by atoms with Crippen molar-refractivity contribution in [2.75, 3.05) is 5.32 Å². The molecule has 0 bridgehead atoms. The summed E-state index contributed by atoms with van der Waals surface area (Å²) in [4.78, 5) is 32.6. The predicted octanol–water partition coefficient (Wildman–Crippen LogP) is 1.93. The van der Waals surface area contributed by atoms with Crippen molar-refractivity contribution >= 4 is 23.3 Å². The van der Waals surface area contributed by atoms with Gasteiger partial charge in [-0.15, -0.1) is 5.10 Å². The molecule has 0 spiro atoms. The van der Waals surface area contributed by atoms with E-state index in [4.69, 9.17) is 4.74 Å². The molecule has 128 valence electrons. The number of para-hydroxylation sites is 1. The molecule has 25 heavy (non-hydrogen) atoms. The molecular formula is C17H17N5O3. The third-order valence-corrected chi connectivity index (χ3v) is 3.50. The van der Waals surface area contributed by atoms with Crippen LogP contribution in [0, 0.1) is 13.8 Å². The highest BCUT2D eigenvalue weighted by Gasteiger charge is 2.22. The van der Waals surface area contributed by atoms with Gasteiger partial charge in [-0.3, -0.25) is 4.79 Å². The Morgan fingerprint density at radius 3 is 2.60 bits per heavy atom. The quantitative estimate of drug-likeness (QED) is 0.729. The van der Waals surface area contributed by atoms with Gasteiger partial charge in [-0.05, 0) is 39.0 Å². The lowest BCUT2D eigenvalue weighted by molar-refractivity contribution is -0.123. The molecule has 2 heterocycles. The standard InChI is InChI=1S/C17H17N5O3/c1-10-9-11(2)22-17(18-10)20-14(21-22)16(24)25-12(3)15(23)19-13-7-5-4-6-8-13/h4-9,12H,1-3H3,(H,19,23)/t12-/m0/s1. The first-order chi connectivity index (χ1) is 11.9. The van der Waals surface area contributed by atoms with Crippen molar-refractivity contribution in [1.29, 1.82) is 0 Å². The number of rotatable bonds is 4. The zero-order chi connectivity index (χ0) is 18.0. The Balaban J connectivity index is 1.71. The molecular weight excluding hydrogens is 322 g/mol. The van der Waals surface area contributed by atoms with Crippen molar-refractivity contribution in [3.63, 3.8) is 0 Å². The maximum atomic E-state index is 12.2. The summed E-state index contributed by atoms with van der Waals surface area (Å²) in [6.45, 7) is 5.15. The molecule has 0 fully saturated rings. The predicted molar refractivity (Wildman–Crippen MR) is 90.2 cm³/mol. The number of anilines is 1. The third-order valence-electron chi connectivity index (χ3n) is 3.50. The minimum absolute atomic E-state index is 0.138. The van der Waals surface area contributed by atoms with Crippen molar-refractivity contribution in [1.82, 2.24) is 19.6 Å². The number of esters is 1. The first-order valence-electron chi connectivity index (χ1n) is 7.72. The molecule has 1 aromatic carbocycles. The van der Waals surface area contributed by atoms with Gasteiger partial charge < -0.3 is 10.1 Å². The molecule has 0 aliphatic rings. The monoisotopic (exact) mass is 339 g/mol. The van der Waals surface area contributed by atoms with E-state index < -0.39 is 18.0 Å². The van der Waals surface area contributed by atoms with Gasteiger partial charge in [-0.25, -0.2) is 14.3 Å². The summed E-state index contributed by atoms with van der Waals surface area (Å²) >= 11 is 0. The smallest absolute Gasteiger partial charge is 0.379 e. The molecule has 8 nitrogen and oxygen atoms in total. The fraction of sp³-hybridized carbons (Fsp3) is 0.235. The highest BCUT2D eigenvalue weighted by Crippen LogP contribution is 2.09. The zero-order valence-corrected chi connectivity index (χ0v) is 14.1. The third kappa shape index (κ3) is 3.63. The molecule has 0 aliphatic carbocycles. The number of hydrogen-bond acceptors (Lipinski definition) is 6. The second-order valence-electron chi connectivity index (χ2n) is 5.59. The summed E-state index contributed by atoms with van der Waals surface area (Å²) in [5, 5.41) is 6.75. The van der Waals surface area contributed by atoms with Crippen LogP contribution in [-0.2, 0) is 9.53 Å². The van der Waals surface area contributed by atoms with E-state index >= 15 is 0 Å². The number of fused-ring (bicyclic) bond motifs is 1. The highest BCUT2D eigenvalue weighted by atomic mass is 16.5. The van der Waals surface area contributed by atoms with E-state index in [-0.39, 0.29) is 5.82 Å². The summed E-state index contributed by atoms with van der Waals surface area (Å²) < 4.78 is 6.61. The van der Waals surface area contributed by atoms with Gasteiger partial charge in [0.05, 0.1) is 0 Å². The van der Waals surface area contributed by atoms with E-state index in [0.717, 1.165) is 11.4 Å². The molecule has 1 atom stereocenters. The Morgan fingerprint density at radius 2 is 1.88 bits per heavy atom. The molecule has 0 radical (unpaired) electrons. The fourth-order valence-corrected chi connectivity index (χ4v) is 2.28. The van der Waals surface area contributed by atoms with Crippen LogP contribution in [0.15, 0.2) is 36.4 Å². The molecule has 1 N–H and O–H groups in total. The molecule has 3 rings (SSSR count). The maximum Gasteiger partial charge on any atom is 0.379 e. The first-order valence-corrected chi connectivity index (χ1v) is 7.72. The Labute approximate surface area is 143 Å². The topological polar surface area (TPSA) is 98.5 Å². The number of aryl methyl sites for hydroxylation is 2. The number of hydrogen-bond donors (Lipinski definition) is 1. The van der Waals surface area contributed by atoms with E-state index in [0.29, 0.717) is 11.5 Å². The maximum absolute atomic E-state index is 12.2. The van der Waals surface area contributed by atoms with Gasteiger partial charge >= 0.3 is 5.97 Å². The Morgan fingerprint density at radius 1 is 1.16 bits per heavy atom. The molecule has 2 aromatic heterocycles. The second-order valence-corrected chi connectivity index (χ2v) is 5.59. The SMILES string of the molecule is Cc1cc(C)n2nc(C(=O)O[C@@H](C)C(=O)Nc3ccccc3)nc2n1. The van der Waals surface area contributed by atoms with E-state index in [1.54, 1.807) is 24.3 Å². The number of aromatic nitrogens is 4. The van der Waals surface area contributed by atoms with E-state index in [1.165, 1.54) is 11.4 Å². The van der Waals surface area contributed by atoms with E-state index in [2.05, 4.69) is 20.4 Å². The molecule has 0 aliphatic heterocycles. The van der Waals surface area contributed by atoms with Crippen molar-refractivity contribution in [2.45, 2.75) is 26.9 Å². The summed E-state index contributed by atoms with van der Waals surface area (Å²) in [5.74, 6) is -1.04. The van der Waals surface area contributed by atoms with Crippen LogP contribution in [0.4, 0.5) is 5.69 Å². The number of nitrogens with one attached hydrogen (secondary N) is 1. The van der Waals surface area contributed by atoms with Crippen LogP contribution in [0.25, 0.3) is 5.78 Å². The summed E-state index contributed by atoms with van der Waals surface area (Å²) in [7, 11) is 0. The minimum Gasteiger partial charge on any atom is -0.447 e. The average Bonchev–Trinajstić information content (AvgIpc) is 3.00. The van der Waals surface area contributed by atoms with Crippen LogP contribution in [0.3, 0.4) is 0 Å². The molecule has 3 aromatic rings. The van der Waals surface area contributed by atoms with Crippen LogP contribution in [0.2, 0.25) is 0 Å². The van der Waals surface area contributed by atoms with Crippen LogP contribution >= 0.6 is 0 Å². The van der Waals surface area contributed by atoms with Gasteiger partial charge in [-0.1, -0.05) is 18.2 Å². The number of carbonyl (C=O) groups is 2. The van der Waals surface area contributed by atoms with Gasteiger partial charge in [0.2, 0.25) is 0 Å². The van der Waals surface area contributed by atoms with Crippen LogP contribution in [0.5, 0.6) is 0 Å². The highest BCUT2D eigenvalue weighted by molar-refractivity contribution is 5.96. The van der Waals surface area contributed by atoms with Gasteiger partial charge in [0.25, 0.3) is 17.5 Å². The lowest BCUT2D eigenvalue weighted by atomic mass is 10.3. The van der Waals surface area contributed by atoms with Gasteiger partial charge in [0.1, 0.15) is 0 Å². The summed E-state index contributed by atoms with van der Waals surface area (Å²) in [6.07, 6.45) is -0.991. The zero-order valence-electron chi connectivity index (χ0n) is 14.1. The Bertz CT molecular complexity index is 936. The van der Waals surface area contributed by atoms with Gasteiger partial charge in [0.15, 0.2) is 6.10 Å². The number of nitrogens with zero attached hydrogens (tertiary/aromatic N) is 4. The van der Waals surface area contributed by atoms with E-state index in [9.17, 15) is 9.59 Å². The first kappa shape index (κ1) is 16.6. The molecule has 0 unspecified atom stereocenters. The minimum atomic E-state index is -0.991. The van der Waals surface area contributed by atoms with Crippen molar-refractivity contribution in [2.24, 2.45) is 0 Å². The molecule has 1 amide bonds. The normalized spacial score (nSPS) is 12.0. The Hall–Kier alpha value is -3.29. The van der Waals surface area contributed by atoms with Crippen molar-refractivity contribution < 1.29 is 14.3 Å². The summed E-state index contributed by atoms with van der Waals surface area (Å²) in [5.41, 5.74) is 2.19. The number of carbonyl (C=O) groups excluding carboxylic acids is 2. The van der Waals surface area contributed by atoms with E-state index in [1.807, 2.05) is 26.0 Å². The van der Waals surface area contributed by atoms with Gasteiger partial charge in [-0.2, -0.15) is 4.98 Å². The summed E-state index contributed by atoms with van der Waals surface area (Å²) in [6, 6.07) is 10.7. The number of amides is 1. The lowest BCUT2D eigenvalue weighted by Gasteiger charge is -2.12. The molecule has 0 saturated carbocycles. The van der Waals surface area contributed by atoms with Crippen LogP contribution in [-0.4, -0.2) is 37.6 Å². The van der Waals surface area contributed by atoms with Gasteiger partial charge in [0, 0.05) is 17.1 Å². The van der Waals surface area contributed by atoms with Crippen molar-refractivity contribution in [3.8, 4) is 0 Å².